The number of hydrogen-bond donors (Lipinski definition) is 0. The first-order valence-corrected chi connectivity index (χ1v) is 7.45. The Kier molecular flexibility index (Phi) is 5.21. The quantitative estimate of drug-likeness (QED) is 0.405. The Hall–Kier alpha value is 0.330. The summed E-state index contributed by atoms with van der Waals surface area (Å²) in [6.07, 6.45) is 5.04. The second-order valence-corrected chi connectivity index (χ2v) is 7.03. The van der Waals surface area contributed by atoms with Crippen molar-refractivity contribution in [3.05, 3.63) is 0 Å². The molecule has 0 aromatic carbocycles. The molecule has 0 aromatic heterocycles. The van der Waals surface area contributed by atoms with Crippen molar-refractivity contribution in [2.45, 2.75) is 44.3 Å². The van der Waals surface area contributed by atoms with Gasteiger partial charge >= 0.3 is 0 Å². The lowest BCUT2D eigenvalue weighted by Crippen LogP contribution is -1.98. The van der Waals surface area contributed by atoms with E-state index in [2.05, 4.69) is 0 Å². The van der Waals surface area contributed by atoms with Crippen LogP contribution in [0.25, 0.3) is 0 Å². The molecule has 0 aromatic rings. The molecule has 1 heterocycles. The highest BCUT2D eigenvalue weighted by molar-refractivity contribution is 8.72. The van der Waals surface area contributed by atoms with Gasteiger partial charge in [-0.25, -0.2) is 0 Å². The van der Waals surface area contributed by atoms with Crippen molar-refractivity contribution in [1.29, 1.82) is 0 Å². The van der Waals surface area contributed by atoms with Gasteiger partial charge in [-0.15, -0.1) is 0 Å². The maximum atomic E-state index is 11.0. The van der Waals surface area contributed by atoms with Gasteiger partial charge in [0.2, 0.25) is 0 Å². The molecule has 76 valence electrons. The predicted octanol–water partition coefficient (Wildman–Crippen LogP) is 2.31. The Morgan fingerprint density at radius 3 is 2.92 bits per heavy atom. The monoisotopic (exact) mass is 220 g/mol. The van der Waals surface area contributed by atoms with Gasteiger partial charge in [-0.05, 0) is 19.8 Å². The zero-order valence-electron chi connectivity index (χ0n) is 7.95. The van der Waals surface area contributed by atoms with E-state index in [1.54, 1.807) is 17.7 Å². The molecule has 0 radical (unpaired) electrons. The van der Waals surface area contributed by atoms with Crippen LogP contribution in [0.2, 0.25) is 0 Å². The molecule has 0 aliphatic carbocycles. The van der Waals surface area contributed by atoms with Crippen LogP contribution < -0.4 is 0 Å². The van der Waals surface area contributed by atoms with E-state index in [1.807, 2.05) is 0 Å². The van der Waals surface area contributed by atoms with E-state index in [1.165, 1.54) is 0 Å². The Balaban J connectivity index is 1.97. The molecule has 0 amide bonds. The molecular formula is C9H16O2S2. The highest BCUT2D eigenvalue weighted by Crippen LogP contribution is 2.34. The predicted molar refractivity (Wildman–Crippen MR) is 58.2 cm³/mol. The Morgan fingerprint density at radius 2 is 2.38 bits per heavy atom. The summed E-state index contributed by atoms with van der Waals surface area (Å²) < 4.78 is 11.0. The Morgan fingerprint density at radius 1 is 1.62 bits per heavy atom. The number of hydrogen-bond acceptors (Lipinski definition) is 3. The lowest BCUT2D eigenvalue weighted by molar-refractivity contribution is -0.117. The third-order valence-electron chi connectivity index (χ3n) is 2.15. The highest BCUT2D eigenvalue weighted by atomic mass is 33.1. The molecule has 1 fully saturated rings. The summed E-state index contributed by atoms with van der Waals surface area (Å²) in [6.45, 7) is 1.64. The molecule has 1 saturated heterocycles. The summed E-state index contributed by atoms with van der Waals surface area (Å²) in [7, 11) is 0.994. The van der Waals surface area contributed by atoms with Crippen molar-refractivity contribution in [1.82, 2.24) is 0 Å². The lowest BCUT2D eigenvalue weighted by atomic mass is 10.1. The van der Waals surface area contributed by atoms with Crippen LogP contribution in [-0.4, -0.2) is 21.3 Å². The maximum absolute atomic E-state index is 11.0. The van der Waals surface area contributed by atoms with E-state index in [4.69, 9.17) is 0 Å². The summed E-state index contributed by atoms with van der Waals surface area (Å²) in [5, 5.41) is 0.591. The van der Waals surface area contributed by atoms with E-state index >= 15 is 0 Å². The minimum atomic E-state index is -0.617. The smallest absolute Gasteiger partial charge is 0.129 e. The molecule has 13 heavy (non-hydrogen) atoms. The first-order valence-electron chi connectivity index (χ1n) is 4.73. The molecule has 1 aliphatic rings. The average Bonchev–Trinajstić information content (AvgIpc) is 2.45. The minimum absolute atomic E-state index is 0.280. The molecule has 1 rings (SSSR count). The number of carbonyl (C=O) groups excluding carboxylic acids is 1. The fourth-order valence-electron chi connectivity index (χ4n) is 1.41. The zero-order chi connectivity index (χ0) is 9.68. The van der Waals surface area contributed by atoms with Crippen molar-refractivity contribution >= 4 is 26.8 Å². The largest absolute Gasteiger partial charge is 0.605 e. The number of Topliss-reactive ketones (excluding diaryl/α,β-unsaturated/α-hetero) is 1. The van der Waals surface area contributed by atoms with E-state index < -0.39 is 10.2 Å². The van der Waals surface area contributed by atoms with Crippen molar-refractivity contribution in [3.8, 4) is 0 Å². The Bertz CT molecular complexity index is 173. The van der Waals surface area contributed by atoms with Crippen molar-refractivity contribution in [2.75, 3.05) is 5.75 Å². The zero-order valence-corrected chi connectivity index (χ0v) is 9.59. The fourth-order valence-corrected chi connectivity index (χ4v) is 4.98. The number of ketones is 1. The molecule has 0 saturated carbocycles. The number of carbonyl (C=O) groups is 1. The van der Waals surface area contributed by atoms with Gasteiger partial charge in [-0.1, -0.05) is 6.42 Å². The minimum Gasteiger partial charge on any atom is -0.605 e. The van der Waals surface area contributed by atoms with E-state index in [0.717, 1.165) is 31.4 Å². The van der Waals surface area contributed by atoms with Crippen molar-refractivity contribution in [3.63, 3.8) is 0 Å². The van der Waals surface area contributed by atoms with Crippen LogP contribution in [-0.2, 0) is 15.0 Å². The lowest BCUT2D eigenvalue weighted by Gasteiger charge is -2.03. The summed E-state index contributed by atoms with van der Waals surface area (Å²) in [5.41, 5.74) is 0. The summed E-state index contributed by atoms with van der Waals surface area (Å²) in [4.78, 5) is 10.6. The molecule has 2 nitrogen and oxygen atoms in total. The summed E-state index contributed by atoms with van der Waals surface area (Å²) in [5.74, 6) is 1.14. The van der Waals surface area contributed by atoms with E-state index in [0.29, 0.717) is 11.7 Å². The van der Waals surface area contributed by atoms with Crippen LogP contribution >= 0.6 is 10.8 Å². The molecule has 0 bridgehead atoms. The molecule has 2 atom stereocenters. The fraction of sp³-hybridized carbons (Fsp3) is 0.889. The van der Waals surface area contributed by atoms with Crippen LogP contribution in [0.15, 0.2) is 0 Å². The van der Waals surface area contributed by atoms with Gasteiger partial charge in [0.05, 0.1) is 16.0 Å². The van der Waals surface area contributed by atoms with Gasteiger partial charge in [0.25, 0.3) is 0 Å². The molecule has 4 heteroatoms. The first-order chi connectivity index (χ1) is 6.18. The van der Waals surface area contributed by atoms with Gasteiger partial charge in [0, 0.05) is 23.0 Å². The van der Waals surface area contributed by atoms with Crippen LogP contribution in [0.3, 0.4) is 0 Å². The van der Waals surface area contributed by atoms with Gasteiger partial charge in [-0.3, -0.25) is 0 Å². The molecule has 1 aliphatic heterocycles. The van der Waals surface area contributed by atoms with Gasteiger partial charge in [0.1, 0.15) is 11.5 Å². The van der Waals surface area contributed by atoms with Crippen LogP contribution in [0.5, 0.6) is 0 Å². The standard InChI is InChI=1S/C9H16O2S2/c1-8(10)4-2-3-5-9-6-7-13(11)12-9/h9H,2-7H2,1H3/t9-,13?/m1/s1. The van der Waals surface area contributed by atoms with Crippen molar-refractivity contribution in [2.24, 2.45) is 0 Å². The van der Waals surface area contributed by atoms with E-state index in [9.17, 15) is 9.35 Å². The van der Waals surface area contributed by atoms with Crippen LogP contribution in [0, 0.1) is 0 Å². The van der Waals surface area contributed by atoms with Gasteiger partial charge in [0.15, 0.2) is 0 Å². The summed E-state index contributed by atoms with van der Waals surface area (Å²) in [6, 6.07) is 0. The molecule has 1 unspecified atom stereocenters. The van der Waals surface area contributed by atoms with E-state index in [-0.39, 0.29) is 5.78 Å². The van der Waals surface area contributed by atoms with Crippen LogP contribution in [0.1, 0.15) is 39.0 Å². The molecular weight excluding hydrogens is 204 g/mol. The first kappa shape index (κ1) is 11.4. The highest BCUT2D eigenvalue weighted by Gasteiger charge is 2.27. The molecule has 0 spiro atoms. The molecule has 0 N–H and O–H groups in total. The van der Waals surface area contributed by atoms with Gasteiger partial charge < -0.3 is 9.35 Å². The Labute approximate surface area is 86.4 Å². The second-order valence-electron chi connectivity index (χ2n) is 3.46. The summed E-state index contributed by atoms with van der Waals surface area (Å²) >= 11 is 0. The average molecular weight is 220 g/mol. The van der Waals surface area contributed by atoms with Crippen LogP contribution in [0.4, 0.5) is 0 Å². The SMILES string of the molecule is CC(=O)CCCC[C@@H]1CC[S+]([O-])S1. The van der Waals surface area contributed by atoms with Gasteiger partial charge in [-0.2, -0.15) is 0 Å². The third-order valence-corrected chi connectivity index (χ3v) is 5.64. The second kappa shape index (κ2) is 5.94. The number of unbranched alkanes of at least 4 members (excludes halogenated alkanes) is 1. The van der Waals surface area contributed by atoms with Crippen molar-refractivity contribution < 1.29 is 9.35 Å². The maximum Gasteiger partial charge on any atom is 0.129 e. The number of rotatable bonds is 5. The third kappa shape index (κ3) is 4.93. The topological polar surface area (TPSA) is 40.1 Å². The normalized spacial score (nSPS) is 27.8.